The average molecular weight is 182 g/mol. The molecule has 0 aromatic rings. The molecule has 0 spiro atoms. The van der Waals surface area contributed by atoms with Gasteiger partial charge in [-0.15, -0.1) is 0 Å². The standard InChI is InChI=1S/C10H18N2O/c1-7(2)10(13)12-8-3-4-9(12)6-11-5-8/h7-9,11H,3-6H2,1-2H3/t8-,9+. The predicted molar refractivity (Wildman–Crippen MR) is 51.4 cm³/mol. The van der Waals surface area contributed by atoms with Crippen LogP contribution in [0.4, 0.5) is 0 Å². The molecule has 2 heterocycles. The molecule has 2 atom stereocenters. The Balaban J connectivity index is 2.10. The first kappa shape index (κ1) is 9.00. The lowest BCUT2D eigenvalue weighted by Crippen LogP contribution is -2.55. The van der Waals surface area contributed by atoms with Gasteiger partial charge in [-0.3, -0.25) is 4.79 Å². The third kappa shape index (κ3) is 1.46. The van der Waals surface area contributed by atoms with Crippen molar-refractivity contribution in [3.8, 4) is 0 Å². The third-order valence-corrected chi connectivity index (χ3v) is 3.13. The van der Waals surface area contributed by atoms with Gasteiger partial charge in [0.25, 0.3) is 0 Å². The van der Waals surface area contributed by atoms with E-state index in [1.54, 1.807) is 0 Å². The van der Waals surface area contributed by atoms with Crippen molar-refractivity contribution in [3.05, 3.63) is 0 Å². The molecule has 2 saturated heterocycles. The van der Waals surface area contributed by atoms with Crippen LogP contribution in [0.1, 0.15) is 26.7 Å². The van der Waals surface area contributed by atoms with Crippen LogP contribution in [0, 0.1) is 5.92 Å². The van der Waals surface area contributed by atoms with Crippen molar-refractivity contribution in [1.29, 1.82) is 0 Å². The average Bonchev–Trinajstić information content (AvgIpc) is 2.34. The minimum absolute atomic E-state index is 0.154. The highest BCUT2D eigenvalue weighted by atomic mass is 16.2. The molecule has 0 aliphatic carbocycles. The van der Waals surface area contributed by atoms with E-state index in [0.717, 1.165) is 13.1 Å². The zero-order valence-electron chi connectivity index (χ0n) is 8.42. The number of carbonyl (C=O) groups is 1. The lowest BCUT2D eigenvalue weighted by atomic mass is 10.1. The molecule has 2 aliphatic heterocycles. The number of carbonyl (C=O) groups excluding carboxylic acids is 1. The largest absolute Gasteiger partial charge is 0.334 e. The summed E-state index contributed by atoms with van der Waals surface area (Å²) in [5.74, 6) is 0.496. The predicted octanol–water partition coefficient (Wildman–Crippen LogP) is 0.605. The van der Waals surface area contributed by atoms with Crippen LogP contribution in [0.5, 0.6) is 0 Å². The van der Waals surface area contributed by atoms with E-state index in [1.807, 2.05) is 13.8 Å². The third-order valence-electron chi connectivity index (χ3n) is 3.13. The summed E-state index contributed by atoms with van der Waals surface area (Å²) in [5.41, 5.74) is 0. The van der Waals surface area contributed by atoms with Gasteiger partial charge in [0.15, 0.2) is 0 Å². The van der Waals surface area contributed by atoms with E-state index < -0.39 is 0 Å². The van der Waals surface area contributed by atoms with Crippen molar-refractivity contribution in [1.82, 2.24) is 10.2 Å². The van der Waals surface area contributed by atoms with Crippen LogP contribution >= 0.6 is 0 Å². The van der Waals surface area contributed by atoms with Crippen molar-refractivity contribution >= 4 is 5.91 Å². The quantitative estimate of drug-likeness (QED) is 0.644. The number of piperazine rings is 1. The molecule has 2 aliphatic rings. The van der Waals surface area contributed by atoms with Crippen molar-refractivity contribution in [2.75, 3.05) is 13.1 Å². The van der Waals surface area contributed by atoms with Crippen LogP contribution in [-0.4, -0.2) is 36.0 Å². The van der Waals surface area contributed by atoms with Gasteiger partial charge in [0.2, 0.25) is 5.91 Å². The fourth-order valence-corrected chi connectivity index (χ4v) is 2.44. The Hall–Kier alpha value is -0.570. The minimum Gasteiger partial charge on any atom is -0.334 e. The monoisotopic (exact) mass is 182 g/mol. The van der Waals surface area contributed by atoms with E-state index in [0.29, 0.717) is 18.0 Å². The first-order chi connectivity index (χ1) is 6.20. The zero-order valence-corrected chi connectivity index (χ0v) is 8.42. The number of fused-ring (bicyclic) bond motifs is 2. The van der Waals surface area contributed by atoms with Gasteiger partial charge in [-0.1, -0.05) is 13.8 Å². The molecule has 3 nitrogen and oxygen atoms in total. The summed E-state index contributed by atoms with van der Waals surface area (Å²) in [7, 11) is 0. The Kier molecular flexibility index (Phi) is 2.28. The fourth-order valence-electron chi connectivity index (χ4n) is 2.44. The molecule has 1 amide bonds. The fraction of sp³-hybridized carbons (Fsp3) is 0.900. The Labute approximate surface area is 79.5 Å². The Morgan fingerprint density at radius 3 is 2.31 bits per heavy atom. The van der Waals surface area contributed by atoms with Gasteiger partial charge in [0.05, 0.1) is 0 Å². The lowest BCUT2D eigenvalue weighted by molar-refractivity contribution is -0.138. The van der Waals surface area contributed by atoms with E-state index in [9.17, 15) is 4.79 Å². The van der Waals surface area contributed by atoms with Gasteiger partial charge in [-0.2, -0.15) is 0 Å². The number of nitrogens with one attached hydrogen (secondary N) is 1. The summed E-state index contributed by atoms with van der Waals surface area (Å²) in [5, 5.41) is 3.38. The highest BCUT2D eigenvalue weighted by Crippen LogP contribution is 2.27. The summed E-state index contributed by atoms with van der Waals surface area (Å²) in [4.78, 5) is 14.0. The van der Waals surface area contributed by atoms with E-state index in [4.69, 9.17) is 0 Å². The topological polar surface area (TPSA) is 32.3 Å². The van der Waals surface area contributed by atoms with Gasteiger partial charge in [0, 0.05) is 31.1 Å². The second-order valence-corrected chi connectivity index (χ2v) is 4.44. The van der Waals surface area contributed by atoms with Crippen LogP contribution in [0.15, 0.2) is 0 Å². The van der Waals surface area contributed by atoms with Gasteiger partial charge in [-0.25, -0.2) is 0 Å². The molecule has 2 rings (SSSR count). The molecule has 2 fully saturated rings. The summed E-state index contributed by atoms with van der Waals surface area (Å²) in [6, 6.07) is 0.960. The van der Waals surface area contributed by atoms with Gasteiger partial charge in [-0.05, 0) is 12.8 Å². The summed E-state index contributed by atoms with van der Waals surface area (Å²) >= 11 is 0. The summed E-state index contributed by atoms with van der Waals surface area (Å²) in [6.45, 7) is 5.97. The second-order valence-electron chi connectivity index (χ2n) is 4.44. The molecule has 13 heavy (non-hydrogen) atoms. The molecule has 1 N–H and O–H groups in total. The lowest BCUT2D eigenvalue weighted by Gasteiger charge is -2.36. The van der Waals surface area contributed by atoms with Crippen molar-refractivity contribution in [3.63, 3.8) is 0 Å². The van der Waals surface area contributed by atoms with Crippen LogP contribution in [-0.2, 0) is 4.79 Å². The van der Waals surface area contributed by atoms with Gasteiger partial charge >= 0.3 is 0 Å². The van der Waals surface area contributed by atoms with E-state index in [-0.39, 0.29) is 5.92 Å². The highest BCUT2D eigenvalue weighted by Gasteiger charge is 2.39. The van der Waals surface area contributed by atoms with Gasteiger partial charge in [0.1, 0.15) is 0 Å². The first-order valence-corrected chi connectivity index (χ1v) is 5.23. The molecule has 0 unspecified atom stereocenters. The van der Waals surface area contributed by atoms with Crippen LogP contribution in [0.25, 0.3) is 0 Å². The summed E-state index contributed by atoms with van der Waals surface area (Å²) in [6.07, 6.45) is 2.38. The van der Waals surface area contributed by atoms with Crippen LogP contribution < -0.4 is 5.32 Å². The van der Waals surface area contributed by atoms with Gasteiger partial charge < -0.3 is 10.2 Å². The number of rotatable bonds is 1. The van der Waals surface area contributed by atoms with Crippen LogP contribution in [0.3, 0.4) is 0 Å². The molecule has 0 radical (unpaired) electrons. The molecule has 0 aromatic heterocycles. The van der Waals surface area contributed by atoms with E-state index >= 15 is 0 Å². The molecule has 74 valence electrons. The van der Waals surface area contributed by atoms with Crippen LogP contribution in [0.2, 0.25) is 0 Å². The molecular weight excluding hydrogens is 164 g/mol. The van der Waals surface area contributed by atoms with E-state index in [1.165, 1.54) is 12.8 Å². The normalized spacial score (nSPS) is 32.7. The molecule has 0 saturated carbocycles. The Morgan fingerprint density at radius 1 is 1.31 bits per heavy atom. The Bertz CT molecular complexity index is 199. The van der Waals surface area contributed by atoms with Crippen molar-refractivity contribution < 1.29 is 4.79 Å². The number of hydrogen-bond donors (Lipinski definition) is 1. The molecule has 3 heteroatoms. The second kappa shape index (κ2) is 3.29. The maximum atomic E-state index is 11.9. The van der Waals surface area contributed by atoms with E-state index in [2.05, 4.69) is 10.2 Å². The SMILES string of the molecule is CC(C)C(=O)N1[C@@H]2CC[C@H]1CNC2. The molecule has 0 aromatic carbocycles. The minimum atomic E-state index is 0.154. The summed E-state index contributed by atoms with van der Waals surface area (Å²) < 4.78 is 0. The number of hydrogen-bond acceptors (Lipinski definition) is 2. The molecular formula is C10H18N2O. The maximum Gasteiger partial charge on any atom is 0.225 e. The zero-order chi connectivity index (χ0) is 9.42. The molecule has 2 bridgehead atoms. The maximum absolute atomic E-state index is 11.9. The van der Waals surface area contributed by atoms with Crippen molar-refractivity contribution in [2.45, 2.75) is 38.8 Å². The Morgan fingerprint density at radius 2 is 1.85 bits per heavy atom. The number of nitrogens with zero attached hydrogens (tertiary/aromatic N) is 1. The smallest absolute Gasteiger partial charge is 0.225 e. The highest BCUT2D eigenvalue weighted by molar-refractivity contribution is 5.79. The van der Waals surface area contributed by atoms with Crippen molar-refractivity contribution in [2.24, 2.45) is 5.92 Å². The number of amides is 1. The first-order valence-electron chi connectivity index (χ1n) is 5.23.